The van der Waals surface area contributed by atoms with E-state index in [2.05, 4.69) is 22.2 Å². The third-order valence-corrected chi connectivity index (χ3v) is 7.24. The first-order chi connectivity index (χ1) is 13.9. The van der Waals surface area contributed by atoms with Crippen LogP contribution in [-0.4, -0.2) is 26.6 Å². The van der Waals surface area contributed by atoms with Gasteiger partial charge in [0.1, 0.15) is 16.2 Å². The van der Waals surface area contributed by atoms with Crippen molar-refractivity contribution in [1.29, 1.82) is 0 Å². The van der Waals surface area contributed by atoms with Gasteiger partial charge in [0.2, 0.25) is 5.91 Å². The van der Waals surface area contributed by atoms with E-state index in [0.717, 1.165) is 34.5 Å². The van der Waals surface area contributed by atoms with Crippen LogP contribution in [0.5, 0.6) is 0 Å². The van der Waals surface area contributed by atoms with E-state index >= 15 is 0 Å². The van der Waals surface area contributed by atoms with Crippen LogP contribution in [0.4, 0.5) is 11.4 Å². The van der Waals surface area contributed by atoms with Gasteiger partial charge in [-0.15, -0.1) is 11.3 Å². The molecule has 1 atom stereocenters. The fourth-order valence-electron chi connectivity index (χ4n) is 3.58. The van der Waals surface area contributed by atoms with Crippen LogP contribution >= 0.6 is 23.1 Å². The maximum absolute atomic E-state index is 12.5. The molecule has 3 aromatic rings. The van der Waals surface area contributed by atoms with E-state index < -0.39 is 4.92 Å². The molecular formula is C20H20N4O3S2. The van der Waals surface area contributed by atoms with Crippen molar-refractivity contribution < 1.29 is 9.72 Å². The summed E-state index contributed by atoms with van der Waals surface area (Å²) in [7, 11) is 0. The molecule has 0 unspecified atom stereocenters. The molecule has 0 spiro atoms. The number of rotatable bonds is 5. The van der Waals surface area contributed by atoms with Crippen molar-refractivity contribution in [3.8, 4) is 0 Å². The van der Waals surface area contributed by atoms with E-state index in [4.69, 9.17) is 0 Å². The molecule has 1 aromatic carbocycles. The Labute approximate surface area is 176 Å². The largest absolute Gasteiger partial charge is 0.325 e. The molecule has 4 rings (SSSR count). The normalized spacial score (nSPS) is 15.9. The second-order valence-electron chi connectivity index (χ2n) is 7.30. The van der Waals surface area contributed by atoms with Crippen molar-refractivity contribution >= 4 is 50.6 Å². The van der Waals surface area contributed by atoms with E-state index in [-0.39, 0.29) is 17.3 Å². The molecule has 0 fully saturated rings. The van der Waals surface area contributed by atoms with Crippen LogP contribution in [0.2, 0.25) is 0 Å². The number of hydrogen-bond acceptors (Lipinski definition) is 7. The van der Waals surface area contributed by atoms with E-state index in [9.17, 15) is 14.9 Å². The quantitative estimate of drug-likeness (QED) is 0.272. The third-order valence-electron chi connectivity index (χ3n) is 5.09. The molecule has 2 aromatic heterocycles. The topological polar surface area (TPSA) is 98.0 Å². The first-order valence-electron chi connectivity index (χ1n) is 9.35. The number of carbonyl (C=O) groups excluding carboxylic acids is 1. The Hall–Kier alpha value is -2.52. The standard InChI is InChI=1S/C20H20N4O3S2/c1-11-3-5-14-16(7-11)29-20-18(14)19(21-10-22-20)28-9-17(25)23-15-6-4-13(24(26)27)8-12(15)2/h4,6,8,10-11H,3,5,7,9H2,1-2H3,(H,23,25)/t11-/m1/s1. The van der Waals surface area contributed by atoms with Crippen LogP contribution in [0.3, 0.4) is 0 Å². The van der Waals surface area contributed by atoms with Crippen LogP contribution in [0.25, 0.3) is 10.2 Å². The lowest BCUT2D eigenvalue weighted by Gasteiger charge is -2.18. The highest BCUT2D eigenvalue weighted by molar-refractivity contribution is 8.00. The molecule has 0 saturated heterocycles. The van der Waals surface area contributed by atoms with Crippen molar-refractivity contribution in [3.63, 3.8) is 0 Å². The number of benzene rings is 1. The predicted octanol–water partition coefficient (Wildman–Crippen LogP) is 4.76. The third kappa shape index (κ3) is 4.11. The molecule has 7 nitrogen and oxygen atoms in total. The number of nitro groups is 1. The highest BCUT2D eigenvalue weighted by atomic mass is 32.2. The monoisotopic (exact) mass is 428 g/mol. The first kappa shape index (κ1) is 19.8. The van der Waals surface area contributed by atoms with Crippen molar-refractivity contribution in [2.75, 3.05) is 11.1 Å². The van der Waals surface area contributed by atoms with Crippen molar-refractivity contribution in [2.45, 2.75) is 38.1 Å². The van der Waals surface area contributed by atoms with Crippen molar-refractivity contribution in [1.82, 2.24) is 9.97 Å². The van der Waals surface area contributed by atoms with E-state index in [0.29, 0.717) is 17.2 Å². The highest BCUT2D eigenvalue weighted by Crippen LogP contribution is 2.40. The summed E-state index contributed by atoms with van der Waals surface area (Å²) in [4.78, 5) is 34.1. The number of amides is 1. The molecule has 1 amide bonds. The summed E-state index contributed by atoms with van der Waals surface area (Å²) in [6, 6.07) is 4.41. The van der Waals surface area contributed by atoms with Gasteiger partial charge in [-0.3, -0.25) is 14.9 Å². The summed E-state index contributed by atoms with van der Waals surface area (Å²) in [6.45, 7) is 4.02. The summed E-state index contributed by atoms with van der Waals surface area (Å²) in [6.07, 6.45) is 4.85. The number of hydrogen-bond donors (Lipinski definition) is 1. The molecule has 29 heavy (non-hydrogen) atoms. The van der Waals surface area contributed by atoms with Crippen LogP contribution in [0, 0.1) is 23.0 Å². The molecule has 1 N–H and O–H groups in total. The number of thioether (sulfide) groups is 1. The average Bonchev–Trinajstić information content (AvgIpc) is 3.05. The number of nitrogens with zero attached hydrogens (tertiary/aromatic N) is 3. The minimum absolute atomic E-state index is 0.00908. The molecule has 150 valence electrons. The van der Waals surface area contributed by atoms with Crippen molar-refractivity contribution in [3.05, 3.63) is 50.6 Å². The Bertz CT molecular complexity index is 1110. The number of aromatic nitrogens is 2. The first-order valence-corrected chi connectivity index (χ1v) is 11.2. The van der Waals surface area contributed by atoms with Crippen LogP contribution in [0.1, 0.15) is 29.3 Å². The summed E-state index contributed by atoms with van der Waals surface area (Å²) >= 11 is 3.14. The van der Waals surface area contributed by atoms with Crippen LogP contribution in [0.15, 0.2) is 29.6 Å². The number of non-ortho nitro benzene ring substituents is 1. The van der Waals surface area contributed by atoms with Crippen LogP contribution < -0.4 is 5.32 Å². The highest BCUT2D eigenvalue weighted by Gasteiger charge is 2.23. The molecule has 0 radical (unpaired) electrons. The van der Waals surface area contributed by atoms with Gasteiger partial charge in [-0.1, -0.05) is 18.7 Å². The van der Waals surface area contributed by atoms with Gasteiger partial charge in [0.25, 0.3) is 5.69 Å². The number of nitro benzene ring substituents is 1. The number of carbonyl (C=O) groups is 1. The summed E-state index contributed by atoms with van der Waals surface area (Å²) in [5, 5.41) is 15.6. The fourth-order valence-corrected chi connectivity index (χ4v) is 5.82. The summed E-state index contributed by atoms with van der Waals surface area (Å²) < 4.78 is 0. The smallest absolute Gasteiger partial charge is 0.269 e. The molecule has 9 heteroatoms. The molecular weight excluding hydrogens is 408 g/mol. The van der Waals surface area contributed by atoms with Crippen molar-refractivity contribution in [2.24, 2.45) is 5.92 Å². The van der Waals surface area contributed by atoms with E-state index in [1.807, 2.05) is 0 Å². The predicted molar refractivity (Wildman–Crippen MR) is 116 cm³/mol. The van der Waals surface area contributed by atoms with Crippen LogP contribution in [-0.2, 0) is 17.6 Å². The maximum atomic E-state index is 12.5. The van der Waals surface area contributed by atoms with Gasteiger partial charge in [0.05, 0.1) is 10.7 Å². The molecule has 2 heterocycles. The minimum atomic E-state index is -0.447. The zero-order valence-electron chi connectivity index (χ0n) is 16.1. The van der Waals surface area contributed by atoms with Gasteiger partial charge in [-0.05, 0) is 49.3 Å². The summed E-state index contributed by atoms with van der Waals surface area (Å²) in [5.74, 6) is 0.732. The lowest BCUT2D eigenvalue weighted by atomic mass is 9.89. The number of anilines is 1. The number of fused-ring (bicyclic) bond motifs is 3. The lowest BCUT2D eigenvalue weighted by Crippen LogP contribution is -2.15. The Balaban J connectivity index is 1.49. The second kappa shape index (κ2) is 8.08. The lowest BCUT2D eigenvalue weighted by molar-refractivity contribution is -0.384. The van der Waals surface area contributed by atoms with Gasteiger partial charge >= 0.3 is 0 Å². The zero-order valence-corrected chi connectivity index (χ0v) is 17.7. The summed E-state index contributed by atoms with van der Waals surface area (Å²) in [5.41, 5.74) is 2.59. The molecule has 0 bridgehead atoms. The van der Waals surface area contributed by atoms with Gasteiger partial charge in [0.15, 0.2) is 0 Å². The average molecular weight is 429 g/mol. The van der Waals surface area contributed by atoms with Gasteiger partial charge < -0.3 is 5.32 Å². The Morgan fingerprint density at radius 3 is 3.00 bits per heavy atom. The van der Waals surface area contributed by atoms with Gasteiger partial charge in [0, 0.05) is 28.1 Å². The zero-order chi connectivity index (χ0) is 20.5. The second-order valence-corrected chi connectivity index (χ2v) is 9.35. The fraction of sp³-hybridized carbons (Fsp3) is 0.350. The Kier molecular flexibility index (Phi) is 5.51. The Morgan fingerprint density at radius 2 is 2.24 bits per heavy atom. The number of nitrogens with one attached hydrogen (secondary N) is 1. The number of aryl methyl sites for hydroxylation is 2. The Morgan fingerprint density at radius 1 is 1.41 bits per heavy atom. The molecule has 0 aliphatic heterocycles. The molecule has 0 saturated carbocycles. The minimum Gasteiger partial charge on any atom is -0.325 e. The maximum Gasteiger partial charge on any atom is 0.269 e. The van der Waals surface area contributed by atoms with Gasteiger partial charge in [-0.2, -0.15) is 0 Å². The van der Waals surface area contributed by atoms with E-state index in [1.54, 1.807) is 30.7 Å². The van der Waals surface area contributed by atoms with E-state index in [1.165, 1.54) is 34.3 Å². The molecule has 1 aliphatic rings. The SMILES string of the molecule is Cc1cc([N+](=O)[O-])ccc1NC(=O)CSc1ncnc2sc3c(c12)CC[C@@H](C)C3. The van der Waals surface area contributed by atoms with Gasteiger partial charge in [-0.25, -0.2) is 9.97 Å². The number of thiophene rings is 1. The molecule has 1 aliphatic carbocycles.